The number of halogens is 1. The molecular weight excluding hydrogens is 298 g/mol. The summed E-state index contributed by atoms with van der Waals surface area (Å²) in [7, 11) is 2.18. The quantitative estimate of drug-likeness (QED) is 0.803. The van der Waals surface area contributed by atoms with Crippen LogP contribution in [0, 0.1) is 6.92 Å². The van der Waals surface area contributed by atoms with E-state index in [1.165, 1.54) is 5.69 Å². The molecule has 17 heavy (non-hydrogen) atoms. The molecule has 98 valence electrons. The summed E-state index contributed by atoms with van der Waals surface area (Å²) in [4.78, 5) is 2.38. The molecule has 1 aromatic rings. The zero-order valence-corrected chi connectivity index (χ0v) is 13.7. The first-order valence-electron chi connectivity index (χ1n) is 5.92. The highest BCUT2D eigenvalue weighted by atomic mass is 79.9. The Labute approximate surface area is 117 Å². The van der Waals surface area contributed by atoms with Crippen molar-refractivity contribution in [3.63, 3.8) is 0 Å². The van der Waals surface area contributed by atoms with Crippen LogP contribution in [0.15, 0.2) is 4.47 Å². The number of rotatable bonds is 6. The van der Waals surface area contributed by atoms with Gasteiger partial charge < -0.3 is 0 Å². The fraction of sp³-hybridized carbons (Fsp3) is 0.750. The number of hydrogen-bond donors (Lipinski definition) is 0. The van der Waals surface area contributed by atoms with Gasteiger partial charge in [-0.25, -0.2) is 0 Å². The average Bonchev–Trinajstić information content (AvgIpc) is 2.57. The summed E-state index contributed by atoms with van der Waals surface area (Å²) < 4.78 is 3.24. The molecule has 0 fully saturated rings. The standard InChI is InChI=1S/C12H22BrN3S/c1-6-16-11(12(13)10(3)14-16)7-15(4)9(2)8-17-5/h9H,6-8H2,1-5H3. The van der Waals surface area contributed by atoms with E-state index in [-0.39, 0.29) is 0 Å². The van der Waals surface area contributed by atoms with Crippen LogP contribution in [0.2, 0.25) is 0 Å². The minimum atomic E-state index is 0.581. The summed E-state index contributed by atoms with van der Waals surface area (Å²) in [5, 5.41) is 4.52. The minimum Gasteiger partial charge on any atom is -0.297 e. The van der Waals surface area contributed by atoms with Crippen LogP contribution in [-0.4, -0.2) is 39.8 Å². The van der Waals surface area contributed by atoms with E-state index in [9.17, 15) is 0 Å². The van der Waals surface area contributed by atoms with Gasteiger partial charge in [0.1, 0.15) is 0 Å². The van der Waals surface area contributed by atoms with E-state index in [1.54, 1.807) is 0 Å². The lowest BCUT2D eigenvalue weighted by molar-refractivity contribution is 0.260. The molecule has 3 nitrogen and oxygen atoms in total. The zero-order valence-electron chi connectivity index (χ0n) is 11.3. The third kappa shape index (κ3) is 3.73. The van der Waals surface area contributed by atoms with Crippen LogP contribution in [0.4, 0.5) is 0 Å². The molecule has 0 aliphatic carbocycles. The van der Waals surface area contributed by atoms with Gasteiger partial charge >= 0.3 is 0 Å². The summed E-state index contributed by atoms with van der Waals surface area (Å²) in [6, 6.07) is 0.581. The molecular formula is C12H22BrN3S. The Balaban J connectivity index is 2.80. The molecule has 1 aromatic heterocycles. The maximum absolute atomic E-state index is 4.52. The Bertz CT molecular complexity index is 365. The number of thioether (sulfide) groups is 1. The van der Waals surface area contributed by atoms with Crippen molar-refractivity contribution in [2.75, 3.05) is 19.1 Å². The van der Waals surface area contributed by atoms with Crippen molar-refractivity contribution in [1.82, 2.24) is 14.7 Å². The second-order valence-electron chi connectivity index (χ2n) is 4.38. The number of aromatic nitrogens is 2. The molecule has 0 spiro atoms. The summed E-state index contributed by atoms with van der Waals surface area (Å²) in [6.45, 7) is 8.31. The van der Waals surface area contributed by atoms with Gasteiger partial charge in [0, 0.05) is 24.9 Å². The average molecular weight is 320 g/mol. The summed E-state index contributed by atoms with van der Waals surface area (Å²) >= 11 is 5.54. The smallest absolute Gasteiger partial charge is 0.0739 e. The Kier molecular flexibility index (Phi) is 6.03. The highest BCUT2D eigenvalue weighted by Gasteiger charge is 2.16. The predicted molar refractivity (Wildman–Crippen MR) is 79.6 cm³/mol. The first-order valence-corrected chi connectivity index (χ1v) is 8.10. The fourth-order valence-electron chi connectivity index (χ4n) is 1.78. The third-order valence-corrected chi connectivity index (χ3v) is 4.86. The lowest BCUT2D eigenvalue weighted by atomic mass is 10.3. The summed E-state index contributed by atoms with van der Waals surface area (Å²) in [6.07, 6.45) is 2.15. The van der Waals surface area contributed by atoms with E-state index in [2.05, 4.69) is 57.8 Å². The van der Waals surface area contributed by atoms with Crippen LogP contribution in [0.1, 0.15) is 25.2 Å². The van der Waals surface area contributed by atoms with Crippen molar-refractivity contribution in [3.05, 3.63) is 15.9 Å². The van der Waals surface area contributed by atoms with E-state index >= 15 is 0 Å². The Morgan fingerprint density at radius 1 is 1.53 bits per heavy atom. The lowest BCUT2D eigenvalue weighted by Crippen LogP contribution is -2.31. The topological polar surface area (TPSA) is 21.1 Å². The van der Waals surface area contributed by atoms with E-state index in [4.69, 9.17) is 0 Å². The molecule has 0 aliphatic rings. The molecule has 0 aliphatic heterocycles. The SMILES string of the molecule is CCn1nc(C)c(Br)c1CN(C)C(C)CSC. The summed E-state index contributed by atoms with van der Waals surface area (Å²) in [5.41, 5.74) is 2.35. The van der Waals surface area contributed by atoms with Crippen molar-refractivity contribution in [1.29, 1.82) is 0 Å². The largest absolute Gasteiger partial charge is 0.297 e. The van der Waals surface area contributed by atoms with Crippen LogP contribution in [0.3, 0.4) is 0 Å². The maximum Gasteiger partial charge on any atom is 0.0739 e. The molecule has 0 amide bonds. The summed E-state index contributed by atoms with van der Waals surface area (Å²) in [5.74, 6) is 1.16. The van der Waals surface area contributed by atoms with Gasteiger partial charge in [-0.3, -0.25) is 9.58 Å². The maximum atomic E-state index is 4.52. The molecule has 0 radical (unpaired) electrons. The van der Waals surface area contributed by atoms with E-state index in [0.29, 0.717) is 6.04 Å². The van der Waals surface area contributed by atoms with Crippen molar-refractivity contribution >= 4 is 27.7 Å². The molecule has 0 bridgehead atoms. The van der Waals surface area contributed by atoms with Crippen molar-refractivity contribution in [3.8, 4) is 0 Å². The van der Waals surface area contributed by atoms with E-state index in [1.807, 2.05) is 18.7 Å². The third-order valence-electron chi connectivity index (χ3n) is 3.01. The van der Waals surface area contributed by atoms with Crippen LogP contribution in [0.25, 0.3) is 0 Å². The van der Waals surface area contributed by atoms with Gasteiger partial charge in [0.15, 0.2) is 0 Å². The Hall–Kier alpha value is -0.0000000000000000555. The molecule has 0 saturated carbocycles. The minimum absolute atomic E-state index is 0.581. The Morgan fingerprint density at radius 3 is 2.71 bits per heavy atom. The highest BCUT2D eigenvalue weighted by molar-refractivity contribution is 9.10. The van der Waals surface area contributed by atoms with Gasteiger partial charge in [0.25, 0.3) is 0 Å². The van der Waals surface area contributed by atoms with Gasteiger partial charge in [-0.2, -0.15) is 16.9 Å². The zero-order chi connectivity index (χ0) is 13.0. The normalized spacial score (nSPS) is 13.4. The van der Waals surface area contributed by atoms with E-state index < -0.39 is 0 Å². The molecule has 5 heteroatoms. The van der Waals surface area contributed by atoms with E-state index in [0.717, 1.165) is 29.0 Å². The van der Waals surface area contributed by atoms with Gasteiger partial charge in [-0.15, -0.1) is 0 Å². The lowest BCUT2D eigenvalue weighted by Gasteiger charge is -2.24. The molecule has 1 unspecified atom stereocenters. The van der Waals surface area contributed by atoms with Crippen LogP contribution in [-0.2, 0) is 13.1 Å². The molecule has 1 atom stereocenters. The fourth-order valence-corrected chi connectivity index (χ4v) is 2.93. The molecule has 0 N–H and O–H groups in total. The first kappa shape index (κ1) is 15.1. The molecule has 1 heterocycles. The number of aryl methyl sites for hydroxylation is 2. The van der Waals surface area contributed by atoms with Gasteiger partial charge in [-0.05, 0) is 50.0 Å². The molecule has 0 aromatic carbocycles. The van der Waals surface area contributed by atoms with Gasteiger partial charge in [-0.1, -0.05) is 0 Å². The Morgan fingerprint density at radius 2 is 2.18 bits per heavy atom. The van der Waals surface area contributed by atoms with Crippen molar-refractivity contribution in [2.24, 2.45) is 0 Å². The van der Waals surface area contributed by atoms with Crippen LogP contribution in [0.5, 0.6) is 0 Å². The van der Waals surface area contributed by atoms with Crippen molar-refractivity contribution in [2.45, 2.75) is 39.9 Å². The van der Waals surface area contributed by atoms with Gasteiger partial charge in [0.2, 0.25) is 0 Å². The highest BCUT2D eigenvalue weighted by Crippen LogP contribution is 2.23. The second-order valence-corrected chi connectivity index (χ2v) is 6.09. The second kappa shape index (κ2) is 6.81. The number of hydrogen-bond acceptors (Lipinski definition) is 3. The molecule has 1 rings (SSSR count). The first-order chi connectivity index (χ1) is 8.01. The predicted octanol–water partition coefficient (Wildman–Crippen LogP) is 3.16. The molecule has 0 saturated heterocycles. The van der Waals surface area contributed by atoms with Crippen molar-refractivity contribution < 1.29 is 0 Å². The number of nitrogens with zero attached hydrogens (tertiary/aromatic N) is 3. The van der Waals surface area contributed by atoms with Crippen LogP contribution < -0.4 is 0 Å². The van der Waals surface area contributed by atoms with Gasteiger partial charge in [0.05, 0.1) is 15.9 Å². The monoisotopic (exact) mass is 319 g/mol. The van der Waals surface area contributed by atoms with Crippen LogP contribution >= 0.6 is 27.7 Å².